The van der Waals surface area contributed by atoms with E-state index in [-0.39, 0.29) is 6.54 Å². The van der Waals surface area contributed by atoms with E-state index in [0.29, 0.717) is 5.69 Å². The van der Waals surface area contributed by atoms with Crippen LogP contribution in [-0.4, -0.2) is 17.7 Å². The van der Waals surface area contributed by atoms with Gasteiger partial charge in [0.15, 0.2) is 0 Å². The maximum atomic E-state index is 10.9. The van der Waals surface area contributed by atoms with Crippen molar-refractivity contribution in [2.45, 2.75) is 0 Å². The van der Waals surface area contributed by atoms with Crippen LogP contribution in [0.1, 0.15) is 0 Å². The van der Waals surface area contributed by atoms with E-state index in [0.717, 1.165) is 0 Å². The second-order valence-corrected chi connectivity index (χ2v) is 3.01. The summed E-state index contributed by atoms with van der Waals surface area (Å²) in [6, 6.07) is 8.91. The molecule has 0 bridgehead atoms. The molecule has 0 aliphatic heterocycles. The molecule has 1 amide bonds. The first kappa shape index (κ1) is 10.9. The SMILES string of the molecule is O=C(O)N(CC#CI)c1ccccc1. The van der Waals surface area contributed by atoms with Gasteiger partial charge >= 0.3 is 6.09 Å². The standard InChI is InChI=1S/C10H8INO2/c11-7-4-8-12(10(13)14)9-5-2-1-3-6-9/h1-3,5-6H,8H2,(H,13,14). The molecule has 14 heavy (non-hydrogen) atoms. The third-order valence-electron chi connectivity index (χ3n) is 1.60. The minimum Gasteiger partial charge on any atom is -0.465 e. The molecule has 0 radical (unpaired) electrons. The summed E-state index contributed by atoms with van der Waals surface area (Å²) in [7, 11) is 0. The molecular formula is C10H8INO2. The van der Waals surface area contributed by atoms with Gasteiger partial charge in [-0.15, -0.1) is 0 Å². The van der Waals surface area contributed by atoms with E-state index >= 15 is 0 Å². The van der Waals surface area contributed by atoms with Gasteiger partial charge in [0.1, 0.15) is 0 Å². The summed E-state index contributed by atoms with van der Waals surface area (Å²) in [6.45, 7) is 0.197. The molecule has 1 aromatic carbocycles. The van der Waals surface area contributed by atoms with Gasteiger partial charge < -0.3 is 5.11 Å². The predicted molar refractivity (Wildman–Crippen MR) is 63.6 cm³/mol. The molecule has 1 aromatic rings. The van der Waals surface area contributed by atoms with Crippen molar-refractivity contribution in [3.63, 3.8) is 0 Å². The van der Waals surface area contributed by atoms with Crippen LogP contribution in [0.5, 0.6) is 0 Å². The largest absolute Gasteiger partial charge is 0.465 e. The molecule has 0 saturated heterocycles. The summed E-state index contributed by atoms with van der Waals surface area (Å²) in [5.74, 6) is 2.71. The van der Waals surface area contributed by atoms with Crippen molar-refractivity contribution >= 4 is 34.4 Å². The van der Waals surface area contributed by atoms with Crippen LogP contribution in [0.3, 0.4) is 0 Å². The highest BCUT2D eigenvalue weighted by atomic mass is 127. The third kappa shape index (κ3) is 2.92. The van der Waals surface area contributed by atoms with Crippen LogP contribution in [0.15, 0.2) is 30.3 Å². The Bertz CT molecular complexity index is 367. The molecule has 4 heteroatoms. The number of anilines is 1. The second-order valence-electron chi connectivity index (χ2n) is 2.48. The smallest absolute Gasteiger partial charge is 0.412 e. The van der Waals surface area contributed by atoms with Crippen molar-refractivity contribution in [1.29, 1.82) is 0 Å². The Morgan fingerprint density at radius 3 is 2.57 bits per heavy atom. The average Bonchev–Trinajstić information content (AvgIpc) is 2.19. The molecule has 72 valence electrons. The zero-order chi connectivity index (χ0) is 10.4. The van der Waals surface area contributed by atoms with Gasteiger partial charge in [0.25, 0.3) is 0 Å². The first-order valence-electron chi connectivity index (χ1n) is 3.89. The van der Waals surface area contributed by atoms with Gasteiger partial charge in [0.05, 0.1) is 6.54 Å². The first-order valence-corrected chi connectivity index (χ1v) is 4.97. The molecule has 0 fully saturated rings. The fraction of sp³-hybridized carbons (Fsp3) is 0.100. The van der Waals surface area contributed by atoms with Gasteiger partial charge in [-0.3, -0.25) is 4.90 Å². The van der Waals surface area contributed by atoms with E-state index in [4.69, 9.17) is 5.11 Å². The molecule has 1 N–H and O–H groups in total. The summed E-state index contributed by atoms with van der Waals surface area (Å²) in [6.07, 6.45) is -0.990. The summed E-state index contributed by atoms with van der Waals surface area (Å²) in [5, 5.41) is 8.91. The van der Waals surface area contributed by atoms with Gasteiger partial charge in [-0.1, -0.05) is 24.1 Å². The van der Waals surface area contributed by atoms with Gasteiger partial charge in [0, 0.05) is 28.3 Å². The molecule has 1 rings (SSSR count). The Morgan fingerprint density at radius 1 is 1.43 bits per heavy atom. The van der Waals surface area contributed by atoms with Crippen LogP contribution in [0, 0.1) is 9.85 Å². The summed E-state index contributed by atoms with van der Waals surface area (Å²) in [5.41, 5.74) is 0.638. The van der Waals surface area contributed by atoms with E-state index in [2.05, 4.69) is 9.85 Å². The van der Waals surface area contributed by atoms with E-state index < -0.39 is 6.09 Å². The van der Waals surface area contributed by atoms with E-state index in [9.17, 15) is 4.79 Å². The predicted octanol–water partition coefficient (Wildman–Crippen LogP) is 2.57. The van der Waals surface area contributed by atoms with Crippen molar-refractivity contribution in [2.24, 2.45) is 0 Å². The molecular weight excluding hydrogens is 293 g/mol. The number of hydrogen-bond donors (Lipinski definition) is 1. The Labute approximate surface area is 95.9 Å². The van der Waals surface area contributed by atoms with Crippen LogP contribution in [0.4, 0.5) is 10.5 Å². The molecule has 0 aliphatic carbocycles. The number of halogens is 1. The molecule has 0 heterocycles. The average molecular weight is 301 g/mol. The van der Waals surface area contributed by atoms with Crippen LogP contribution in [0.25, 0.3) is 0 Å². The molecule has 0 aromatic heterocycles. The lowest BCUT2D eigenvalue weighted by molar-refractivity contribution is 0.202. The van der Waals surface area contributed by atoms with Gasteiger partial charge in [-0.25, -0.2) is 4.79 Å². The highest BCUT2D eigenvalue weighted by molar-refractivity contribution is 14.1. The summed E-state index contributed by atoms with van der Waals surface area (Å²) in [4.78, 5) is 12.1. The van der Waals surface area contributed by atoms with Crippen molar-refractivity contribution < 1.29 is 9.90 Å². The van der Waals surface area contributed by atoms with Gasteiger partial charge in [-0.2, -0.15) is 0 Å². The zero-order valence-electron chi connectivity index (χ0n) is 7.27. The highest BCUT2D eigenvalue weighted by Crippen LogP contribution is 2.12. The molecule has 0 atom stereocenters. The van der Waals surface area contributed by atoms with Crippen molar-refractivity contribution in [3.8, 4) is 9.85 Å². The lowest BCUT2D eigenvalue weighted by atomic mass is 10.3. The fourth-order valence-electron chi connectivity index (χ4n) is 0.986. The number of benzene rings is 1. The Morgan fingerprint density at radius 2 is 2.07 bits per heavy atom. The number of nitrogens with zero attached hydrogens (tertiary/aromatic N) is 1. The highest BCUT2D eigenvalue weighted by Gasteiger charge is 2.11. The zero-order valence-corrected chi connectivity index (χ0v) is 9.43. The Balaban J connectivity index is 2.87. The number of carboxylic acid groups (broad SMARTS) is 1. The normalized spacial score (nSPS) is 8.64. The number of para-hydroxylation sites is 1. The van der Waals surface area contributed by atoms with E-state index in [1.165, 1.54) is 4.90 Å². The molecule has 0 spiro atoms. The minimum atomic E-state index is -0.990. The van der Waals surface area contributed by atoms with Crippen LogP contribution in [-0.2, 0) is 0 Å². The molecule has 3 nitrogen and oxygen atoms in total. The molecule has 0 aliphatic rings. The Kier molecular flexibility index (Phi) is 4.26. The number of amides is 1. The fourth-order valence-corrected chi connectivity index (χ4v) is 1.16. The van der Waals surface area contributed by atoms with Crippen molar-refractivity contribution in [3.05, 3.63) is 30.3 Å². The van der Waals surface area contributed by atoms with Crippen LogP contribution in [0.2, 0.25) is 0 Å². The Hall–Kier alpha value is -1.22. The lowest BCUT2D eigenvalue weighted by Gasteiger charge is -2.15. The van der Waals surface area contributed by atoms with Crippen LogP contribution < -0.4 is 4.90 Å². The van der Waals surface area contributed by atoms with Crippen LogP contribution >= 0.6 is 22.6 Å². The molecule has 0 saturated carbocycles. The van der Waals surface area contributed by atoms with Gasteiger partial charge in [0.2, 0.25) is 0 Å². The van der Waals surface area contributed by atoms with Crippen molar-refractivity contribution in [2.75, 3.05) is 11.4 Å². The first-order chi connectivity index (χ1) is 6.75. The van der Waals surface area contributed by atoms with E-state index in [1.807, 2.05) is 28.7 Å². The number of rotatable bonds is 2. The monoisotopic (exact) mass is 301 g/mol. The van der Waals surface area contributed by atoms with Gasteiger partial charge in [-0.05, 0) is 16.1 Å². The summed E-state index contributed by atoms with van der Waals surface area (Å²) < 4.78 is 2.64. The minimum absolute atomic E-state index is 0.197. The van der Waals surface area contributed by atoms with E-state index in [1.54, 1.807) is 24.3 Å². The summed E-state index contributed by atoms with van der Waals surface area (Å²) >= 11 is 1.88. The van der Waals surface area contributed by atoms with Crippen molar-refractivity contribution in [1.82, 2.24) is 0 Å². The second kappa shape index (κ2) is 5.50. The maximum absolute atomic E-state index is 10.9. The number of hydrogen-bond acceptors (Lipinski definition) is 1. The maximum Gasteiger partial charge on any atom is 0.412 e. The number of carbonyl (C=O) groups is 1. The topological polar surface area (TPSA) is 40.5 Å². The third-order valence-corrected chi connectivity index (χ3v) is 1.98. The quantitative estimate of drug-likeness (QED) is 0.674. The lowest BCUT2D eigenvalue weighted by Crippen LogP contribution is -2.29. The molecule has 0 unspecified atom stereocenters.